The molecule has 1 aliphatic rings. The van der Waals surface area contributed by atoms with Crippen LogP contribution in [0.2, 0.25) is 0 Å². The highest BCUT2D eigenvalue weighted by atomic mass is 32.2. The van der Waals surface area contributed by atoms with Crippen molar-refractivity contribution in [3.05, 3.63) is 60.2 Å². The second-order valence-electron chi connectivity index (χ2n) is 6.17. The molecule has 2 aromatic rings. The second kappa shape index (κ2) is 8.55. The van der Waals surface area contributed by atoms with E-state index in [1.165, 1.54) is 18.2 Å². The summed E-state index contributed by atoms with van der Waals surface area (Å²) in [5.41, 5.74) is 0.921. The number of halogens is 1. The maximum atomic E-state index is 13.7. The van der Waals surface area contributed by atoms with Gasteiger partial charge < -0.3 is 10.2 Å². The number of piperazine rings is 1. The number of pyridine rings is 1. The lowest BCUT2D eigenvalue weighted by atomic mass is 10.0. The average molecular weight is 392 g/mol. The van der Waals surface area contributed by atoms with E-state index in [0.29, 0.717) is 19.6 Å². The molecule has 0 aliphatic carbocycles. The minimum atomic E-state index is -4.00. The van der Waals surface area contributed by atoms with E-state index in [0.717, 1.165) is 11.6 Å². The lowest BCUT2D eigenvalue weighted by Gasteiger charge is -2.36. The number of rotatable bonds is 6. The van der Waals surface area contributed by atoms with E-state index in [1.807, 2.05) is 12.1 Å². The molecule has 1 amide bonds. The quantitative estimate of drug-likeness (QED) is 0.767. The summed E-state index contributed by atoms with van der Waals surface area (Å²) in [5.74, 6) is -0.989. The van der Waals surface area contributed by atoms with Gasteiger partial charge in [-0.2, -0.15) is 0 Å². The van der Waals surface area contributed by atoms with Gasteiger partial charge in [0.25, 0.3) is 0 Å². The number of carbonyl (C=O) groups excluding carboxylic acids is 1. The van der Waals surface area contributed by atoms with Crippen LogP contribution < -0.4 is 10.0 Å². The van der Waals surface area contributed by atoms with Crippen molar-refractivity contribution in [1.82, 2.24) is 19.9 Å². The summed E-state index contributed by atoms with van der Waals surface area (Å²) < 4.78 is 40.4. The molecule has 2 heterocycles. The van der Waals surface area contributed by atoms with Crippen molar-refractivity contribution >= 4 is 15.9 Å². The molecule has 144 valence electrons. The van der Waals surface area contributed by atoms with Gasteiger partial charge in [-0.25, -0.2) is 17.5 Å². The number of benzene rings is 1. The fraction of sp³-hybridized carbons (Fsp3) is 0.333. The summed E-state index contributed by atoms with van der Waals surface area (Å²) in [5, 5.41) is 3.25. The molecule has 1 fully saturated rings. The summed E-state index contributed by atoms with van der Waals surface area (Å²) in [7, 11) is -4.00. The van der Waals surface area contributed by atoms with Gasteiger partial charge >= 0.3 is 0 Å². The molecular weight excluding hydrogens is 371 g/mol. The number of nitrogens with zero attached hydrogens (tertiary/aromatic N) is 2. The van der Waals surface area contributed by atoms with Gasteiger partial charge in [0.2, 0.25) is 15.9 Å². The first kappa shape index (κ1) is 19.4. The monoisotopic (exact) mass is 392 g/mol. The van der Waals surface area contributed by atoms with Gasteiger partial charge in [-0.3, -0.25) is 9.78 Å². The highest BCUT2D eigenvalue weighted by molar-refractivity contribution is 7.89. The van der Waals surface area contributed by atoms with Crippen LogP contribution in [0, 0.1) is 5.82 Å². The Morgan fingerprint density at radius 2 is 2.11 bits per heavy atom. The van der Waals surface area contributed by atoms with Gasteiger partial charge in [0.1, 0.15) is 10.7 Å². The van der Waals surface area contributed by atoms with Crippen molar-refractivity contribution in [2.45, 2.75) is 17.4 Å². The van der Waals surface area contributed by atoms with Gasteiger partial charge in [-0.15, -0.1) is 0 Å². The smallest absolute Gasteiger partial charge is 0.243 e. The Morgan fingerprint density at radius 1 is 1.30 bits per heavy atom. The number of hydrogen-bond acceptors (Lipinski definition) is 5. The maximum absolute atomic E-state index is 13.7. The lowest BCUT2D eigenvalue weighted by molar-refractivity contribution is -0.134. The van der Waals surface area contributed by atoms with Gasteiger partial charge in [-0.1, -0.05) is 18.2 Å². The predicted octanol–water partition coefficient (Wildman–Crippen LogP) is 1.06. The summed E-state index contributed by atoms with van der Waals surface area (Å²) in [4.78, 5) is 18.0. The molecule has 1 aliphatic heterocycles. The van der Waals surface area contributed by atoms with Crippen molar-refractivity contribution in [2.24, 2.45) is 0 Å². The third-order valence-electron chi connectivity index (χ3n) is 4.39. The molecule has 27 heavy (non-hydrogen) atoms. The topological polar surface area (TPSA) is 91.4 Å². The molecule has 1 atom stereocenters. The van der Waals surface area contributed by atoms with Crippen LogP contribution in [0.15, 0.2) is 53.7 Å². The van der Waals surface area contributed by atoms with E-state index in [4.69, 9.17) is 0 Å². The minimum absolute atomic E-state index is 0.00948. The molecule has 2 N–H and O–H groups in total. The van der Waals surface area contributed by atoms with Crippen LogP contribution >= 0.6 is 0 Å². The molecule has 9 heteroatoms. The molecule has 0 saturated carbocycles. The van der Waals surface area contributed by atoms with E-state index < -0.39 is 20.7 Å². The third kappa shape index (κ3) is 4.68. The lowest BCUT2D eigenvalue weighted by Crippen LogP contribution is -2.49. The molecule has 1 aromatic carbocycles. The van der Waals surface area contributed by atoms with E-state index in [9.17, 15) is 17.6 Å². The zero-order valence-electron chi connectivity index (χ0n) is 14.6. The molecule has 0 bridgehead atoms. The minimum Gasteiger partial charge on any atom is -0.333 e. The Morgan fingerprint density at radius 3 is 2.85 bits per heavy atom. The zero-order valence-corrected chi connectivity index (χ0v) is 15.5. The zero-order chi connectivity index (χ0) is 19.3. The number of carbonyl (C=O) groups is 1. The summed E-state index contributed by atoms with van der Waals surface area (Å²) >= 11 is 0. The fourth-order valence-corrected chi connectivity index (χ4v) is 4.16. The van der Waals surface area contributed by atoms with Crippen molar-refractivity contribution in [1.29, 1.82) is 0 Å². The van der Waals surface area contributed by atoms with E-state index in [2.05, 4.69) is 15.0 Å². The summed E-state index contributed by atoms with van der Waals surface area (Å²) in [6.07, 6.45) is 3.38. The number of nitrogens with one attached hydrogen (secondary N) is 2. The molecule has 1 saturated heterocycles. The molecule has 0 spiro atoms. The Kier molecular flexibility index (Phi) is 6.15. The maximum Gasteiger partial charge on any atom is 0.243 e. The normalized spacial score (nSPS) is 17.7. The van der Waals surface area contributed by atoms with E-state index in [-0.39, 0.29) is 24.9 Å². The van der Waals surface area contributed by atoms with Crippen LogP contribution in [0.5, 0.6) is 0 Å². The van der Waals surface area contributed by atoms with E-state index in [1.54, 1.807) is 17.3 Å². The fourth-order valence-electron chi connectivity index (χ4n) is 3.05. The number of sulfonamides is 1. The highest BCUT2D eigenvalue weighted by Crippen LogP contribution is 2.22. The molecule has 7 nitrogen and oxygen atoms in total. The van der Waals surface area contributed by atoms with Gasteiger partial charge in [0, 0.05) is 45.0 Å². The third-order valence-corrected chi connectivity index (χ3v) is 5.88. The van der Waals surface area contributed by atoms with Crippen LogP contribution in [-0.4, -0.2) is 50.4 Å². The average Bonchev–Trinajstić information content (AvgIpc) is 2.68. The van der Waals surface area contributed by atoms with E-state index >= 15 is 0 Å². The number of aromatic nitrogens is 1. The van der Waals surface area contributed by atoms with Crippen LogP contribution in [0.25, 0.3) is 0 Å². The Balaban J connectivity index is 1.62. The number of hydrogen-bond donors (Lipinski definition) is 2. The van der Waals surface area contributed by atoms with Gasteiger partial charge in [0.05, 0.1) is 6.04 Å². The first-order chi connectivity index (χ1) is 13.0. The number of amides is 1. The first-order valence-electron chi connectivity index (χ1n) is 8.63. The van der Waals surface area contributed by atoms with Crippen molar-refractivity contribution < 1.29 is 17.6 Å². The van der Waals surface area contributed by atoms with Crippen molar-refractivity contribution in [2.75, 3.05) is 26.2 Å². The van der Waals surface area contributed by atoms with Crippen LogP contribution in [0.1, 0.15) is 18.0 Å². The predicted molar refractivity (Wildman–Crippen MR) is 97.8 cm³/mol. The Labute approximate surface area is 157 Å². The van der Waals surface area contributed by atoms with Crippen molar-refractivity contribution in [3.63, 3.8) is 0 Å². The largest absolute Gasteiger partial charge is 0.333 e. The summed E-state index contributed by atoms with van der Waals surface area (Å²) in [6, 6.07) is 8.71. The SMILES string of the molecule is O=C(CCNS(=O)(=O)c1ccccc1F)N1CCNCC1c1cccnc1. The van der Waals surface area contributed by atoms with Crippen LogP contribution in [-0.2, 0) is 14.8 Å². The summed E-state index contributed by atoms with van der Waals surface area (Å²) in [6.45, 7) is 1.71. The highest BCUT2D eigenvalue weighted by Gasteiger charge is 2.28. The molecular formula is C18H21FN4O3S. The second-order valence-corrected chi connectivity index (χ2v) is 7.91. The molecule has 0 radical (unpaired) electrons. The molecule has 1 unspecified atom stereocenters. The Hall–Kier alpha value is -2.36. The van der Waals surface area contributed by atoms with Crippen molar-refractivity contribution in [3.8, 4) is 0 Å². The van der Waals surface area contributed by atoms with Crippen LogP contribution in [0.4, 0.5) is 4.39 Å². The standard InChI is InChI=1S/C18H21FN4O3S/c19-15-5-1-2-6-17(15)27(25,26)22-9-7-18(24)23-11-10-21-13-16(23)14-4-3-8-20-12-14/h1-6,8,12,16,21-22H,7,9-11,13H2. The first-order valence-corrected chi connectivity index (χ1v) is 10.1. The van der Waals surface area contributed by atoms with Crippen LogP contribution in [0.3, 0.4) is 0 Å². The Bertz CT molecular complexity index is 892. The molecule has 3 rings (SSSR count). The van der Waals surface area contributed by atoms with Gasteiger partial charge in [-0.05, 0) is 23.8 Å². The molecule has 1 aromatic heterocycles. The van der Waals surface area contributed by atoms with Gasteiger partial charge in [0.15, 0.2) is 0 Å².